The summed E-state index contributed by atoms with van der Waals surface area (Å²) in [7, 11) is 0. The lowest BCUT2D eigenvalue weighted by Crippen LogP contribution is -2.15. The Hall–Kier alpha value is -1.67. The topological polar surface area (TPSA) is 12.0 Å². The zero-order chi connectivity index (χ0) is 13.2. The first-order valence-corrected chi connectivity index (χ1v) is 6.81. The number of aryl methyl sites for hydroxylation is 1. The standard InChI is InChI=1S/C17H18FN/c1-12-2-4-13(5-3-12)17-10-15(18)7-6-14(17)11-19-16-8-9-16/h2-7,10,16,19H,8-9,11H2,1H3. The summed E-state index contributed by atoms with van der Waals surface area (Å²) in [5, 5.41) is 3.49. The Morgan fingerprint density at radius 2 is 1.84 bits per heavy atom. The monoisotopic (exact) mass is 255 g/mol. The summed E-state index contributed by atoms with van der Waals surface area (Å²) in [6, 6.07) is 14.0. The van der Waals surface area contributed by atoms with E-state index in [-0.39, 0.29) is 5.82 Å². The minimum atomic E-state index is -0.175. The second-order valence-corrected chi connectivity index (χ2v) is 5.32. The van der Waals surface area contributed by atoms with Crippen molar-refractivity contribution in [3.8, 4) is 11.1 Å². The van der Waals surface area contributed by atoms with Crippen molar-refractivity contribution in [2.24, 2.45) is 0 Å². The third kappa shape index (κ3) is 3.02. The van der Waals surface area contributed by atoms with Crippen LogP contribution < -0.4 is 5.32 Å². The number of hydrogen-bond acceptors (Lipinski definition) is 1. The molecule has 0 spiro atoms. The van der Waals surface area contributed by atoms with Crippen molar-refractivity contribution in [3.05, 3.63) is 59.4 Å². The first kappa shape index (κ1) is 12.4. The summed E-state index contributed by atoms with van der Waals surface area (Å²) in [4.78, 5) is 0. The van der Waals surface area contributed by atoms with E-state index >= 15 is 0 Å². The average molecular weight is 255 g/mol. The molecule has 1 fully saturated rings. The van der Waals surface area contributed by atoms with Gasteiger partial charge in [-0.2, -0.15) is 0 Å². The van der Waals surface area contributed by atoms with Gasteiger partial charge in [-0.05, 0) is 48.6 Å². The van der Waals surface area contributed by atoms with Crippen molar-refractivity contribution < 1.29 is 4.39 Å². The Bertz CT molecular complexity index is 570. The maximum Gasteiger partial charge on any atom is 0.123 e. The van der Waals surface area contributed by atoms with Crippen molar-refractivity contribution in [1.29, 1.82) is 0 Å². The van der Waals surface area contributed by atoms with Gasteiger partial charge in [0.2, 0.25) is 0 Å². The van der Waals surface area contributed by atoms with Crippen molar-refractivity contribution in [1.82, 2.24) is 5.32 Å². The third-order valence-electron chi connectivity index (χ3n) is 3.59. The molecule has 0 aromatic heterocycles. The minimum absolute atomic E-state index is 0.175. The van der Waals surface area contributed by atoms with Gasteiger partial charge in [-0.15, -0.1) is 0 Å². The molecule has 1 aliphatic rings. The highest BCUT2D eigenvalue weighted by atomic mass is 19.1. The van der Waals surface area contributed by atoms with Gasteiger partial charge in [-0.25, -0.2) is 4.39 Å². The number of halogens is 1. The Morgan fingerprint density at radius 1 is 1.11 bits per heavy atom. The highest BCUT2D eigenvalue weighted by Crippen LogP contribution is 2.26. The molecule has 0 amide bonds. The second kappa shape index (κ2) is 5.14. The molecule has 0 heterocycles. The van der Waals surface area contributed by atoms with Crippen LogP contribution in [0.1, 0.15) is 24.0 Å². The summed E-state index contributed by atoms with van der Waals surface area (Å²) < 4.78 is 13.5. The van der Waals surface area contributed by atoms with Gasteiger partial charge < -0.3 is 5.32 Å². The molecule has 0 radical (unpaired) electrons. The van der Waals surface area contributed by atoms with Crippen molar-refractivity contribution >= 4 is 0 Å². The molecule has 1 aliphatic carbocycles. The first-order chi connectivity index (χ1) is 9.22. The van der Waals surface area contributed by atoms with Gasteiger partial charge in [0.1, 0.15) is 5.82 Å². The third-order valence-corrected chi connectivity index (χ3v) is 3.59. The maximum absolute atomic E-state index is 13.5. The van der Waals surface area contributed by atoms with E-state index in [1.807, 2.05) is 6.07 Å². The summed E-state index contributed by atoms with van der Waals surface area (Å²) in [6.45, 7) is 2.87. The van der Waals surface area contributed by atoms with Crippen LogP contribution >= 0.6 is 0 Å². The SMILES string of the molecule is Cc1ccc(-c2cc(F)ccc2CNC2CC2)cc1. The van der Waals surface area contributed by atoms with E-state index < -0.39 is 0 Å². The fourth-order valence-corrected chi connectivity index (χ4v) is 2.25. The fraction of sp³-hybridized carbons (Fsp3) is 0.294. The molecule has 2 heteroatoms. The number of benzene rings is 2. The Kier molecular flexibility index (Phi) is 3.34. The average Bonchev–Trinajstić information content (AvgIpc) is 3.22. The quantitative estimate of drug-likeness (QED) is 0.869. The van der Waals surface area contributed by atoms with Crippen LogP contribution in [0, 0.1) is 12.7 Å². The van der Waals surface area contributed by atoms with Crippen LogP contribution in [0.2, 0.25) is 0 Å². The zero-order valence-electron chi connectivity index (χ0n) is 11.1. The summed E-state index contributed by atoms with van der Waals surface area (Å²) in [5.74, 6) is -0.175. The normalized spacial score (nSPS) is 14.6. The van der Waals surface area contributed by atoms with E-state index in [4.69, 9.17) is 0 Å². The predicted molar refractivity (Wildman–Crippen MR) is 76.4 cm³/mol. The molecule has 3 rings (SSSR count). The molecule has 0 atom stereocenters. The molecule has 0 saturated heterocycles. The summed E-state index contributed by atoms with van der Waals surface area (Å²) in [5.41, 5.74) is 4.46. The van der Waals surface area contributed by atoms with E-state index in [0.29, 0.717) is 6.04 Å². The van der Waals surface area contributed by atoms with Crippen LogP contribution in [-0.4, -0.2) is 6.04 Å². The van der Waals surface area contributed by atoms with Crippen molar-refractivity contribution in [2.75, 3.05) is 0 Å². The summed E-state index contributed by atoms with van der Waals surface area (Å²) in [6.07, 6.45) is 2.53. The van der Waals surface area contributed by atoms with Crippen LogP contribution in [0.3, 0.4) is 0 Å². The van der Waals surface area contributed by atoms with E-state index in [1.54, 1.807) is 12.1 Å². The molecule has 0 unspecified atom stereocenters. The van der Waals surface area contributed by atoms with Gasteiger partial charge in [-0.1, -0.05) is 35.9 Å². The van der Waals surface area contributed by atoms with Crippen LogP contribution in [0.15, 0.2) is 42.5 Å². The Labute approximate surface area is 113 Å². The summed E-state index contributed by atoms with van der Waals surface area (Å²) >= 11 is 0. The van der Waals surface area contributed by atoms with Crippen LogP contribution in [0.5, 0.6) is 0 Å². The van der Waals surface area contributed by atoms with Crippen molar-refractivity contribution in [2.45, 2.75) is 32.4 Å². The van der Waals surface area contributed by atoms with E-state index in [9.17, 15) is 4.39 Å². The van der Waals surface area contributed by atoms with Gasteiger partial charge >= 0.3 is 0 Å². The number of rotatable bonds is 4. The fourth-order valence-electron chi connectivity index (χ4n) is 2.25. The lowest BCUT2D eigenvalue weighted by Gasteiger charge is -2.11. The van der Waals surface area contributed by atoms with Gasteiger partial charge in [0.05, 0.1) is 0 Å². The predicted octanol–water partition coefficient (Wildman–Crippen LogP) is 4.05. The Morgan fingerprint density at radius 3 is 2.53 bits per heavy atom. The lowest BCUT2D eigenvalue weighted by molar-refractivity contribution is 0.625. The maximum atomic E-state index is 13.5. The molecular weight excluding hydrogens is 237 g/mol. The Balaban J connectivity index is 1.92. The molecule has 0 bridgehead atoms. The smallest absolute Gasteiger partial charge is 0.123 e. The van der Waals surface area contributed by atoms with E-state index in [1.165, 1.54) is 18.4 Å². The van der Waals surface area contributed by atoms with Gasteiger partial charge in [-0.3, -0.25) is 0 Å². The molecule has 1 nitrogen and oxygen atoms in total. The van der Waals surface area contributed by atoms with Gasteiger partial charge in [0, 0.05) is 12.6 Å². The van der Waals surface area contributed by atoms with Gasteiger partial charge in [0.15, 0.2) is 0 Å². The molecule has 0 aliphatic heterocycles. The molecule has 1 N–H and O–H groups in total. The minimum Gasteiger partial charge on any atom is -0.310 e. The lowest BCUT2D eigenvalue weighted by atomic mass is 9.98. The highest BCUT2D eigenvalue weighted by Gasteiger charge is 2.20. The molecule has 2 aromatic rings. The molecular formula is C17H18FN. The van der Waals surface area contributed by atoms with Crippen molar-refractivity contribution in [3.63, 3.8) is 0 Å². The van der Waals surface area contributed by atoms with Crippen LogP contribution in [-0.2, 0) is 6.54 Å². The number of nitrogens with one attached hydrogen (secondary N) is 1. The molecule has 19 heavy (non-hydrogen) atoms. The van der Waals surface area contributed by atoms with E-state index in [0.717, 1.165) is 23.2 Å². The van der Waals surface area contributed by atoms with Gasteiger partial charge in [0.25, 0.3) is 0 Å². The van der Waals surface area contributed by atoms with Crippen LogP contribution in [0.25, 0.3) is 11.1 Å². The zero-order valence-corrected chi connectivity index (χ0v) is 11.1. The van der Waals surface area contributed by atoms with Crippen LogP contribution in [0.4, 0.5) is 4.39 Å². The molecule has 2 aromatic carbocycles. The second-order valence-electron chi connectivity index (χ2n) is 5.32. The highest BCUT2D eigenvalue weighted by molar-refractivity contribution is 5.67. The van der Waals surface area contributed by atoms with E-state index in [2.05, 4.69) is 36.5 Å². The largest absolute Gasteiger partial charge is 0.310 e. The first-order valence-electron chi connectivity index (χ1n) is 6.81. The molecule has 1 saturated carbocycles. The molecule has 98 valence electrons. The number of hydrogen-bond donors (Lipinski definition) is 1.